The van der Waals surface area contributed by atoms with E-state index in [1.807, 2.05) is 0 Å². The molecule has 3 N–H and O–H groups in total. The van der Waals surface area contributed by atoms with Crippen molar-refractivity contribution in [3.05, 3.63) is 0 Å². The minimum atomic E-state index is -2.80. The maximum absolute atomic E-state index is 11.2. The molecular weight excluding hydrogens is 238 g/mol. The second-order valence-electron chi connectivity index (χ2n) is 5.10. The minimum absolute atomic E-state index is 0.144. The number of nitrogens with two attached hydrogens (primary N) is 1. The summed E-state index contributed by atoms with van der Waals surface area (Å²) in [7, 11) is -2.80. The molecule has 1 saturated heterocycles. The number of sulfone groups is 1. The highest BCUT2D eigenvalue weighted by Gasteiger charge is 2.27. The van der Waals surface area contributed by atoms with Crippen molar-refractivity contribution in [2.75, 3.05) is 24.6 Å². The van der Waals surface area contributed by atoms with Crippen molar-refractivity contribution >= 4 is 15.8 Å². The third kappa shape index (κ3) is 5.91. The summed E-state index contributed by atoms with van der Waals surface area (Å²) in [6.07, 6.45) is 1.76. The number of nitrogens with zero attached hydrogens (tertiary/aromatic N) is 1. The lowest BCUT2D eigenvalue weighted by Gasteiger charge is -2.08. The molecule has 100 valence electrons. The van der Waals surface area contributed by atoms with Crippen LogP contribution in [0, 0.1) is 11.8 Å². The highest BCUT2D eigenvalue weighted by molar-refractivity contribution is 7.91. The zero-order valence-corrected chi connectivity index (χ0v) is 11.5. The zero-order chi connectivity index (χ0) is 12.9. The second-order valence-corrected chi connectivity index (χ2v) is 7.33. The Kier molecular flexibility index (Phi) is 5.24. The zero-order valence-electron chi connectivity index (χ0n) is 10.6. The normalized spacial score (nSPS) is 24.2. The van der Waals surface area contributed by atoms with Crippen molar-refractivity contribution in [3.8, 4) is 0 Å². The maximum Gasteiger partial charge on any atom is 0.188 e. The highest BCUT2D eigenvalue weighted by atomic mass is 32.2. The fourth-order valence-electron chi connectivity index (χ4n) is 1.79. The van der Waals surface area contributed by atoms with Gasteiger partial charge in [0.15, 0.2) is 15.8 Å². The highest BCUT2D eigenvalue weighted by Crippen LogP contribution is 2.18. The Hall–Kier alpha value is -0.780. The van der Waals surface area contributed by atoms with Crippen LogP contribution in [0.5, 0.6) is 0 Å². The van der Waals surface area contributed by atoms with Gasteiger partial charge in [-0.3, -0.25) is 4.99 Å². The lowest BCUT2D eigenvalue weighted by atomic mass is 10.1. The fourth-order valence-corrected chi connectivity index (χ4v) is 3.64. The van der Waals surface area contributed by atoms with Gasteiger partial charge in [0, 0.05) is 13.1 Å². The Morgan fingerprint density at radius 1 is 1.53 bits per heavy atom. The third-order valence-corrected chi connectivity index (χ3v) is 4.71. The molecule has 5 nitrogen and oxygen atoms in total. The molecule has 0 aromatic heterocycles. The van der Waals surface area contributed by atoms with Crippen molar-refractivity contribution < 1.29 is 8.42 Å². The Morgan fingerprint density at radius 3 is 2.76 bits per heavy atom. The van der Waals surface area contributed by atoms with Crippen LogP contribution in [-0.2, 0) is 9.84 Å². The van der Waals surface area contributed by atoms with Crippen LogP contribution in [0.3, 0.4) is 0 Å². The van der Waals surface area contributed by atoms with Gasteiger partial charge >= 0.3 is 0 Å². The van der Waals surface area contributed by atoms with Gasteiger partial charge < -0.3 is 11.1 Å². The summed E-state index contributed by atoms with van der Waals surface area (Å²) in [6.45, 7) is 5.63. The first-order valence-corrected chi connectivity index (χ1v) is 7.95. The van der Waals surface area contributed by atoms with E-state index in [1.165, 1.54) is 0 Å². The van der Waals surface area contributed by atoms with E-state index in [4.69, 9.17) is 5.73 Å². The minimum Gasteiger partial charge on any atom is -0.370 e. The first-order valence-electron chi connectivity index (χ1n) is 6.13. The van der Waals surface area contributed by atoms with Crippen LogP contribution < -0.4 is 11.1 Å². The van der Waals surface area contributed by atoms with E-state index in [9.17, 15) is 8.42 Å². The van der Waals surface area contributed by atoms with Gasteiger partial charge in [0.25, 0.3) is 0 Å². The average Bonchev–Trinajstić information content (AvgIpc) is 2.55. The topological polar surface area (TPSA) is 84.5 Å². The smallest absolute Gasteiger partial charge is 0.188 e. The van der Waals surface area contributed by atoms with Crippen molar-refractivity contribution in [1.82, 2.24) is 5.32 Å². The molecule has 0 spiro atoms. The van der Waals surface area contributed by atoms with Crippen molar-refractivity contribution in [3.63, 3.8) is 0 Å². The fraction of sp³-hybridized carbons (Fsp3) is 0.909. The predicted octanol–water partition coefficient (Wildman–Crippen LogP) is 0.372. The van der Waals surface area contributed by atoms with Gasteiger partial charge in [-0.15, -0.1) is 0 Å². The molecule has 1 unspecified atom stereocenters. The van der Waals surface area contributed by atoms with Gasteiger partial charge in [-0.25, -0.2) is 8.42 Å². The molecular formula is C11H23N3O2S. The molecule has 0 aliphatic carbocycles. The summed E-state index contributed by atoms with van der Waals surface area (Å²) in [5.41, 5.74) is 5.70. The molecule has 1 rings (SSSR count). The number of nitrogens with one attached hydrogen (secondary N) is 1. The first kappa shape index (κ1) is 14.3. The van der Waals surface area contributed by atoms with E-state index in [2.05, 4.69) is 24.2 Å². The summed E-state index contributed by atoms with van der Waals surface area (Å²) in [4.78, 5) is 4.19. The lowest BCUT2D eigenvalue weighted by Crippen LogP contribution is -2.33. The van der Waals surface area contributed by atoms with E-state index in [1.54, 1.807) is 0 Å². The summed E-state index contributed by atoms with van der Waals surface area (Å²) < 4.78 is 22.5. The Labute approximate surface area is 104 Å². The van der Waals surface area contributed by atoms with Crippen LogP contribution in [-0.4, -0.2) is 39.0 Å². The largest absolute Gasteiger partial charge is 0.370 e. The number of guanidine groups is 1. The molecule has 17 heavy (non-hydrogen) atoms. The van der Waals surface area contributed by atoms with E-state index >= 15 is 0 Å². The van der Waals surface area contributed by atoms with E-state index in [-0.39, 0.29) is 11.7 Å². The maximum atomic E-state index is 11.2. The molecule has 0 bridgehead atoms. The molecule has 1 atom stereocenters. The summed E-state index contributed by atoms with van der Waals surface area (Å²) >= 11 is 0. The lowest BCUT2D eigenvalue weighted by molar-refractivity contribution is 0.572. The standard InChI is InChI=1S/C11H23N3O2S/c1-9(2)3-5-13-11(12)14-7-10-4-6-17(15,16)8-10/h9-10H,3-8H2,1-2H3,(H3,12,13,14). The summed E-state index contributed by atoms with van der Waals surface area (Å²) in [6, 6.07) is 0. The van der Waals surface area contributed by atoms with Crippen LogP contribution in [0.25, 0.3) is 0 Å². The number of hydrogen-bond donors (Lipinski definition) is 2. The summed E-state index contributed by atoms with van der Waals surface area (Å²) in [5, 5.41) is 3.04. The van der Waals surface area contributed by atoms with Crippen LogP contribution in [0.2, 0.25) is 0 Å². The van der Waals surface area contributed by atoms with Crippen LogP contribution >= 0.6 is 0 Å². The Morgan fingerprint density at radius 2 is 2.24 bits per heavy atom. The Balaban J connectivity index is 2.24. The molecule has 0 saturated carbocycles. The van der Waals surface area contributed by atoms with Gasteiger partial charge in [0.1, 0.15) is 0 Å². The third-order valence-electron chi connectivity index (χ3n) is 2.87. The van der Waals surface area contributed by atoms with Gasteiger partial charge in [-0.1, -0.05) is 13.8 Å². The van der Waals surface area contributed by atoms with Crippen molar-refractivity contribution in [2.45, 2.75) is 26.7 Å². The quantitative estimate of drug-likeness (QED) is 0.553. The van der Waals surface area contributed by atoms with Gasteiger partial charge in [0.2, 0.25) is 0 Å². The summed E-state index contributed by atoms with van der Waals surface area (Å²) in [5.74, 6) is 1.76. The van der Waals surface area contributed by atoms with Crippen LogP contribution in [0.1, 0.15) is 26.7 Å². The number of hydrogen-bond acceptors (Lipinski definition) is 3. The predicted molar refractivity (Wildman–Crippen MR) is 70.7 cm³/mol. The van der Waals surface area contributed by atoms with E-state index < -0.39 is 9.84 Å². The molecule has 1 fully saturated rings. The van der Waals surface area contributed by atoms with E-state index in [0.717, 1.165) is 13.0 Å². The van der Waals surface area contributed by atoms with Gasteiger partial charge in [0.05, 0.1) is 11.5 Å². The molecule has 0 aromatic rings. The van der Waals surface area contributed by atoms with Gasteiger partial charge in [-0.05, 0) is 24.7 Å². The molecule has 6 heteroatoms. The van der Waals surface area contributed by atoms with Crippen LogP contribution in [0.4, 0.5) is 0 Å². The second kappa shape index (κ2) is 6.23. The average molecular weight is 261 g/mol. The van der Waals surface area contributed by atoms with Gasteiger partial charge in [-0.2, -0.15) is 0 Å². The van der Waals surface area contributed by atoms with Crippen molar-refractivity contribution in [2.24, 2.45) is 22.6 Å². The van der Waals surface area contributed by atoms with Crippen molar-refractivity contribution in [1.29, 1.82) is 0 Å². The molecule has 1 heterocycles. The SMILES string of the molecule is CC(C)CCNC(N)=NCC1CCS(=O)(=O)C1. The number of aliphatic imine (C=N–C) groups is 1. The van der Waals surface area contributed by atoms with Crippen LogP contribution in [0.15, 0.2) is 4.99 Å². The molecule has 0 radical (unpaired) electrons. The molecule has 0 aromatic carbocycles. The van der Waals surface area contributed by atoms with E-state index in [0.29, 0.717) is 30.6 Å². The number of rotatable bonds is 5. The first-order chi connectivity index (χ1) is 7.89. The Bertz CT molecular complexity index is 363. The molecule has 1 aliphatic rings. The molecule has 0 amide bonds. The monoisotopic (exact) mass is 261 g/mol. The molecule has 1 aliphatic heterocycles.